The van der Waals surface area contributed by atoms with Crippen molar-refractivity contribution in [2.24, 2.45) is 0 Å². The van der Waals surface area contributed by atoms with E-state index in [1.165, 1.54) is 0 Å². The van der Waals surface area contributed by atoms with E-state index in [-0.39, 0.29) is 0 Å². The van der Waals surface area contributed by atoms with Crippen LogP contribution in [0.1, 0.15) is 24.2 Å². The minimum Gasteiger partial charge on any atom is -0.493 e. The Hall–Kier alpha value is -1.22. The molecule has 0 saturated carbocycles. The molecule has 0 saturated heterocycles. The molecule has 4 heteroatoms. The van der Waals surface area contributed by atoms with Crippen LogP contribution in [0, 0.1) is 0 Å². The summed E-state index contributed by atoms with van der Waals surface area (Å²) in [7, 11) is 0. The van der Waals surface area contributed by atoms with Gasteiger partial charge >= 0.3 is 5.97 Å². The van der Waals surface area contributed by atoms with E-state index in [2.05, 4.69) is 0 Å². The lowest BCUT2D eigenvalue weighted by atomic mass is 10.2. The van der Waals surface area contributed by atoms with Crippen LogP contribution in [0.25, 0.3) is 0 Å². The zero-order valence-corrected chi connectivity index (χ0v) is 9.50. The Morgan fingerprint density at radius 2 is 2.07 bits per heavy atom. The molecule has 0 unspecified atom stereocenters. The molecule has 15 heavy (non-hydrogen) atoms. The highest BCUT2D eigenvalue weighted by Gasteiger charge is 2.17. The number of rotatable bonds is 4. The first kappa shape index (κ1) is 11.9. The summed E-state index contributed by atoms with van der Waals surface area (Å²) in [4.78, 5) is 11.6. The smallest absolute Gasteiger partial charge is 0.343 e. The number of carbonyl (C=O) groups excluding carboxylic acids is 1. The van der Waals surface area contributed by atoms with Crippen LogP contribution in [0.15, 0.2) is 18.2 Å². The van der Waals surface area contributed by atoms with E-state index in [0.29, 0.717) is 29.5 Å². The highest BCUT2D eigenvalue weighted by atomic mass is 35.5. The van der Waals surface area contributed by atoms with Crippen molar-refractivity contribution in [3.63, 3.8) is 0 Å². The van der Waals surface area contributed by atoms with Crippen LogP contribution in [0.2, 0.25) is 5.02 Å². The third-order valence-electron chi connectivity index (χ3n) is 1.75. The van der Waals surface area contributed by atoms with Crippen molar-refractivity contribution in [3.8, 4) is 5.75 Å². The molecule has 0 aromatic heterocycles. The Balaban J connectivity index is 3.06. The summed E-state index contributed by atoms with van der Waals surface area (Å²) in [5.74, 6) is 0.00926. The largest absolute Gasteiger partial charge is 0.493 e. The lowest BCUT2D eigenvalue weighted by molar-refractivity contribution is 0.0522. The molecule has 0 radical (unpaired) electrons. The molecule has 0 amide bonds. The summed E-state index contributed by atoms with van der Waals surface area (Å²) < 4.78 is 10.2. The monoisotopic (exact) mass is 228 g/mol. The zero-order valence-electron chi connectivity index (χ0n) is 8.75. The lowest BCUT2D eigenvalue weighted by Crippen LogP contribution is -2.08. The molecular weight excluding hydrogens is 216 g/mol. The molecule has 0 bridgehead atoms. The van der Waals surface area contributed by atoms with Gasteiger partial charge in [0.15, 0.2) is 0 Å². The van der Waals surface area contributed by atoms with Gasteiger partial charge in [-0.05, 0) is 26.0 Å². The fraction of sp³-hybridized carbons (Fsp3) is 0.364. The fourth-order valence-corrected chi connectivity index (χ4v) is 1.42. The van der Waals surface area contributed by atoms with Crippen molar-refractivity contribution in [2.45, 2.75) is 13.8 Å². The quantitative estimate of drug-likeness (QED) is 0.744. The number of hydrogen-bond donors (Lipinski definition) is 0. The van der Waals surface area contributed by atoms with Crippen LogP contribution in [0.5, 0.6) is 5.75 Å². The van der Waals surface area contributed by atoms with Crippen LogP contribution in [-0.4, -0.2) is 19.2 Å². The van der Waals surface area contributed by atoms with Crippen molar-refractivity contribution >= 4 is 17.6 Å². The number of halogens is 1. The molecule has 1 rings (SSSR count). The van der Waals surface area contributed by atoms with E-state index >= 15 is 0 Å². The van der Waals surface area contributed by atoms with Crippen LogP contribution < -0.4 is 4.74 Å². The molecule has 1 aromatic rings. The highest BCUT2D eigenvalue weighted by molar-refractivity contribution is 6.34. The standard InChI is InChI=1S/C11H13ClO3/c1-3-14-9-7-5-6-8(12)10(9)11(13)15-4-2/h5-7H,3-4H2,1-2H3. The normalized spacial score (nSPS) is 9.80. The van der Waals surface area contributed by atoms with Gasteiger partial charge in [0.25, 0.3) is 0 Å². The number of esters is 1. The van der Waals surface area contributed by atoms with Crippen LogP contribution >= 0.6 is 11.6 Å². The van der Waals surface area contributed by atoms with E-state index in [1.54, 1.807) is 25.1 Å². The van der Waals surface area contributed by atoms with E-state index in [9.17, 15) is 4.79 Å². The maximum Gasteiger partial charge on any atom is 0.343 e. The summed E-state index contributed by atoms with van der Waals surface area (Å²) in [5.41, 5.74) is 0.294. The maximum atomic E-state index is 11.6. The molecule has 82 valence electrons. The van der Waals surface area contributed by atoms with Crippen molar-refractivity contribution in [1.82, 2.24) is 0 Å². The van der Waals surface area contributed by atoms with Gasteiger partial charge in [-0.3, -0.25) is 0 Å². The highest BCUT2D eigenvalue weighted by Crippen LogP contribution is 2.27. The van der Waals surface area contributed by atoms with Crippen molar-refractivity contribution in [2.75, 3.05) is 13.2 Å². The zero-order chi connectivity index (χ0) is 11.3. The topological polar surface area (TPSA) is 35.5 Å². The van der Waals surface area contributed by atoms with Crippen LogP contribution in [0.4, 0.5) is 0 Å². The molecule has 0 aliphatic rings. The van der Waals surface area contributed by atoms with Gasteiger partial charge < -0.3 is 9.47 Å². The summed E-state index contributed by atoms with van der Waals surface area (Å²) in [6.07, 6.45) is 0. The first-order valence-electron chi connectivity index (χ1n) is 4.79. The average molecular weight is 229 g/mol. The Morgan fingerprint density at radius 1 is 1.33 bits per heavy atom. The first-order valence-corrected chi connectivity index (χ1v) is 5.16. The van der Waals surface area contributed by atoms with E-state index < -0.39 is 5.97 Å². The van der Waals surface area contributed by atoms with Gasteiger partial charge in [0.05, 0.1) is 18.2 Å². The summed E-state index contributed by atoms with van der Waals surface area (Å²) >= 11 is 5.91. The van der Waals surface area contributed by atoms with Gasteiger partial charge in [-0.15, -0.1) is 0 Å². The molecule has 0 fully saturated rings. The molecule has 0 aliphatic heterocycles. The van der Waals surface area contributed by atoms with E-state index in [0.717, 1.165) is 0 Å². The predicted molar refractivity (Wildman–Crippen MR) is 58.6 cm³/mol. The molecule has 0 atom stereocenters. The van der Waals surface area contributed by atoms with Gasteiger partial charge in [0.1, 0.15) is 11.3 Å². The second-order valence-electron chi connectivity index (χ2n) is 2.77. The second kappa shape index (κ2) is 5.61. The third kappa shape index (κ3) is 2.86. The predicted octanol–water partition coefficient (Wildman–Crippen LogP) is 2.92. The van der Waals surface area contributed by atoms with Crippen molar-refractivity contribution < 1.29 is 14.3 Å². The van der Waals surface area contributed by atoms with Crippen LogP contribution in [-0.2, 0) is 4.74 Å². The third-order valence-corrected chi connectivity index (χ3v) is 2.07. The van der Waals surface area contributed by atoms with Gasteiger partial charge in [-0.25, -0.2) is 4.79 Å². The Morgan fingerprint density at radius 3 is 2.67 bits per heavy atom. The molecule has 0 N–H and O–H groups in total. The maximum absolute atomic E-state index is 11.6. The average Bonchev–Trinajstić information content (AvgIpc) is 2.18. The molecule has 0 heterocycles. The summed E-state index contributed by atoms with van der Waals surface area (Å²) in [5, 5.41) is 0.347. The Kier molecular flexibility index (Phi) is 4.43. The molecule has 0 spiro atoms. The van der Waals surface area contributed by atoms with Crippen LogP contribution in [0.3, 0.4) is 0 Å². The minimum atomic E-state index is -0.452. The molecule has 1 aromatic carbocycles. The number of carbonyl (C=O) groups is 1. The first-order chi connectivity index (χ1) is 7.20. The molecule has 0 aliphatic carbocycles. The summed E-state index contributed by atoms with van der Waals surface area (Å²) in [6, 6.07) is 5.06. The molecule has 3 nitrogen and oxygen atoms in total. The number of hydrogen-bond acceptors (Lipinski definition) is 3. The Bertz CT molecular complexity index is 350. The Labute approximate surface area is 93.9 Å². The minimum absolute atomic E-state index is 0.294. The summed E-state index contributed by atoms with van der Waals surface area (Å²) in [6.45, 7) is 4.38. The van der Waals surface area contributed by atoms with Gasteiger partial charge in [0, 0.05) is 0 Å². The van der Waals surface area contributed by atoms with Gasteiger partial charge in [0.2, 0.25) is 0 Å². The van der Waals surface area contributed by atoms with Gasteiger partial charge in [-0.1, -0.05) is 17.7 Å². The fourth-order valence-electron chi connectivity index (χ4n) is 1.18. The number of ether oxygens (including phenoxy) is 2. The van der Waals surface area contributed by atoms with E-state index in [4.69, 9.17) is 21.1 Å². The number of benzene rings is 1. The second-order valence-corrected chi connectivity index (χ2v) is 3.17. The van der Waals surface area contributed by atoms with Gasteiger partial charge in [-0.2, -0.15) is 0 Å². The lowest BCUT2D eigenvalue weighted by Gasteiger charge is -2.10. The van der Waals surface area contributed by atoms with Crippen molar-refractivity contribution in [1.29, 1.82) is 0 Å². The van der Waals surface area contributed by atoms with E-state index in [1.807, 2.05) is 6.92 Å². The SMILES string of the molecule is CCOC(=O)c1c(Cl)cccc1OCC. The van der Waals surface area contributed by atoms with Crippen molar-refractivity contribution in [3.05, 3.63) is 28.8 Å². The molecular formula is C11H13ClO3.